The third-order valence-corrected chi connectivity index (χ3v) is 4.31. The summed E-state index contributed by atoms with van der Waals surface area (Å²) in [5, 5.41) is 10.6. The Morgan fingerprint density at radius 2 is 2.20 bits per heavy atom. The summed E-state index contributed by atoms with van der Waals surface area (Å²) in [6.45, 7) is 3.27. The van der Waals surface area contributed by atoms with Gasteiger partial charge in [0.25, 0.3) is 0 Å². The van der Waals surface area contributed by atoms with Crippen LogP contribution in [0.2, 0.25) is 0 Å². The highest BCUT2D eigenvalue weighted by Gasteiger charge is 2.32. The minimum absolute atomic E-state index is 0.160. The Labute approximate surface area is 120 Å². The monoisotopic (exact) mass is 271 g/mol. The van der Waals surface area contributed by atoms with Gasteiger partial charge in [-0.25, -0.2) is 9.13 Å². The van der Waals surface area contributed by atoms with Crippen molar-refractivity contribution in [2.45, 2.75) is 51.3 Å². The molecule has 1 aliphatic carbocycles. The fourth-order valence-electron chi connectivity index (χ4n) is 3.11. The van der Waals surface area contributed by atoms with Gasteiger partial charge in [0.2, 0.25) is 6.33 Å². The molecule has 2 aromatic rings. The normalized spacial score (nSPS) is 21.7. The van der Waals surface area contributed by atoms with Crippen LogP contribution < -0.4 is 4.57 Å². The molecule has 0 aliphatic heterocycles. The summed E-state index contributed by atoms with van der Waals surface area (Å²) in [6.07, 6.45) is 10.4. The number of benzene rings is 1. The van der Waals surface area contributed by atoms with E-state index in [1.165, 1.54) is 18.4 Å². The maximum Gasteiger partial charge on any atom is 0.244 e. The molecule has 1 aliphatic rings. The van der Waals surface area contributed by atoms with Gasteiger partial charge in [-0.15, -0.1) is 0 Å². The van der Waals surface area contributed by atoms with Crippen molar-refractivity contribution in [3.05, 3.63) is 54.1 Å². The average molecular weight is 271 g/mol. The molecule has 0 amide bonds. The Balaban J connectivity index is 1.80. The van der Waals surface area contributed by atoms with Crippen LogP contribution in [0.25, 0.3) is 0 Å². The fraction of sp³-hybridized carbons (Fsp3) is 0.471. The van der Waals surface area contributed by atoms with E-state index in [1.54, 1.807) is 0 Å². The van der Waals surface area contributed by atoms with E-state index in [0.717, 1.165) is 24.9 Å². The van der Waals surface area contributed by atoms with Gasteiger partial charge in [0.15, 0.2) is 0 Å². The molecule has 0 unspecified atom stereocenters. The molecule has 0 saturated carbocycles. The quantitative estimate of drug-likeness (QED) is 0.851. The first-order chi connectivity index (χ1) is 9.79. The van der Waals surface area contributed by atoms with E-state index in [9.17, 15) is 5.11 Å². The van der Waals surface area contributed by atoms with Gasteiger partial charge in [0.05, 0.1) is 6.54 Å². The molecule has 0 fully saturated rings. The number of unbranched alkanes of at least 4 members (excludes halogenated alkanes) is 1. The molecular formula is C17H23N2O+. The van der Waals surface area contributed by atoms with Crippen LogP contribution in [0.3, 0.4) is 0 Å². The predicted molar refractivity (Wildman–Crippen MR) is 78.3 cm³/mol. The Bertz CT molecular complexity index is 576. The van der Waals surface area contributed by atoms with Crippen molar-refractivity contribution >= 4 is 0 Å². The van der Waals surface area contributed by atoms with Crippen molar-refractivity contribution in [2.75, 3.05) is 0 Å². The number of imidazole rings is 1. The summed E-state index contributed by atoms with van der Waals surface area (Å²) in [5.74, 6) is 0. The molecule has 106 valence electrons. The lowest BCUT2D eigenvalue weighted by Crippen LogP contribution is -2.32. The minimum atomic E-state index is -0.396. The van der Waals surface area contributed by atoms with Gasteiger partial charge in [0, 0.05) is 0 Å². The van der Waals surface area contributed by atoms with Crippen molar-refractivity contribution in [2.24, 2.45) is 0 Å². The number of nitrogens with zero attached hydrogens (tertiary/aromatic N) is 2. The number of hydrogen-bond donors (Lipinski definition) is 1. The van der Waals surface area contributed by atoms with Crippen molar-refractivity contribution in [1.82, 2.24) is 4.57 Å². The van der Waals surface area contributed by atoms with E-state index >= 15 is 0 Å². The van der Waals surface area contributed by atoms with Crippen LogP contribution >= 0.6 is 0 Å². The Hall–Kier alpha value is -1.61. The largest absolute Gasteiger partial charge is 0.384 e. The standard InChI is InChI=1S/C17H23N2O/c1-2-3-10-18-11-12-19(13-18)16-9-8-14-6-4-5-7-15(14)17(16)20/h4-7,11-13,16-17,20H,2-3,8-10H2,1H3/q+1/t16-,17+/m1/s1. The highest BCUT2D eigenvalue weighted by atomic mass is 16.3. The molecule has 3 rings (SSSR count). The zero-order valence-electron chi connectivity index (χ0n) is 12.1. The third kappa shape index (κ3) is 2.50. The van der Waals surface area contributed by atoms with Gasteiger partial charge in [-0.1, -0.05) is 37.6 Å². The van der Waals surface area contributed by atoms with Crippen molar-refractivity contribution < 1.29 is 9.67 Å². The summed E-state index contributed by atoms with van der Waals surface area (Å²) in [6, 6.07) is 8.42. The van der Waals surface area contributed by atoms with Gasteiger partial charge in [0.1, 0.15) is 24.5 Å². The van der Waals surface area contributed by atoms with Crippen LogP contribution in [0.15, 0.2) is 43.0 Å². The number of aliphatic hydroxyl groups excluding tert-OH is 1. The molecule has 0 radical (unpaired) electrons. The topological polar surface area (TPSA) is 29.0 Å². The zero-order valence-corrected chi connectivity index (χ0v) is 12.1. The zero-order chi connectivity index (χ0) is 13.9. The van der Waals surface area contributed by atoms with Crippen LogP contribution in [-0.4, -0.2) is 9.67 Å². The van der Waals surface area contributed by atoms with E-state index in [-0.39, 0.29) is 6.04 Å². The van der Waals surface area contributed by atoms with Gasteiger partial charge in [-0.3, -0.25) is 0 Å². The number of aliphatic hydroxyl groups is 1. The maximum absolute atomic E-state index is 10.6. The van der Waals surface area contributed by atoms with E-state index in [4.69, 9.17) is 0 Å². The molecule has 0 spiro atoms. The van der Waals surface area contributed by atoms with E-state index in [1.807, 2.05) is 6.07 Å². The second-order valence-electron chi connectivity index (χ2n) is 5.70. The Morgan fingerprint density at radius 3 is 3.05 bits per heavy atom. The summed E-state index contributed by atoms with van der Waals surface area (Å²) in [5.41, 5.74) is 2.39. The molecule has 1 heterocycles. The van der Waals surface area contributed by atoms with Gasteiger partial charge < -0.3 is 5.11 Å². The van der Waals surface area contributed by atoms with Crippen molar-refractivity contribution in [3.63, 3.8) is 0 Å². The fourth-order valence-corrected chi connectivity index (χ4v) is 3.11. The molecule has 1 aromatic carbocycles. The lowest BCUT2D eigenvalue weighted by molar-refractivity contribution is -0.697. The molecule has 1 N–H and O–H groups in total. The minimum Gasteiger partial charge on any atom is -0.384 e. The van der Waals surface area contributed by atoms with Gasteiger partial charge in [-0.2, -0.15) is 0 Å². The van der Waals surface area contributed by atoms with Crippen LogP contribution in [0.4, 0.5) is 0 Å². The first kappa shape index (κ1) is 13.4. The van der Waals surface area contributed by atoms with Crippen molar-refractivity contribution in [1.29, 1.82) is 0 Å². The third-order valence-electron chi connectivity index (χ3n) is 4.31. The molecule has 0 saturated heterocycles. The molecule has 3 nitrogen and oxygen atoms in total. The first-order valence-corrected chi connectivity index (χ1v) is 7.62. The van der Waals surface area contributed by atoms with Crippen LogP contribution in [0.1, 0.15) is 49.5 Å². The maximum atomic E-state index is 10.6. The van der Waals surface area contributed by atoms with Crippen molar-refractivity contribution in [3.8, 4) is 0 Å². The average Bonchev–Trinajstić information content (AvgIpc) is 2.94. The SMILES string of the molecule is CCCC[n+]1ccn([C@@H]2CCc3ccccc3[C@@H]2O)c1. The first-order valence-electron chi connectivity index (χ1n) is 7.62. The van der Waals surface area contributed by atoms with E-state index < -0.39 is 6.10 Å². The Morgan fingerprint density at radius 1 is 1.35 bits per heavy atom. The summed E-state index contributed by atoms with van der Waals surface area (Å²) >= 11 is 0. The van der Waals surface area contributed by atoms with Gasteiger partial charge in [-0.05, 0) is 30.4 Å². The van der Waals surface area contributed by atoms with Crippen LogP contribution in [-0.2, 0) is 13.0 Å². The summed E-state index contributed by atoms with van der Waals surface area (Å²) < 4.78 is 4.40. The smallest absolute Gasteiger partial charge is 0.244 e. The Kier molecular flexibility index (Phi) is 3.88. The number of fused-ring (bicyclic) bond motifs is 1. The number of hydrogen-bond acceptors (Lipinski definition) is 1. The molecule has 0 bridgehead atoms. The molecule has 3 heteroatoms. The van der Waals surface area contributed by atoms with Gasteiger partial charge >= 0.3 is 0 Å². The number of aromatic nitrogens is 2. The molecule has 1 aromatic heterocycles. The second kappa shape index (κ2) is 5.80. The highest BCUT2D eigenvalue weighted by molar-refractivity contribution is 5.32. The van der Waals surface area contributed by atoms with E-state index in [0.29, 0.717) is 0 Å². The summed E-state index contributed by atoms with van der Waals surface area (Å²) in [7, 11) is 0. The van der Waals surface area contributed by atoms with Crippen LogP contribution in [0, 0.1) is 0 Å². The van der Waals surface area contributed by atoms with E-state index in [2.05, 4.69) is 53.0 Å². The lowest BCUT2D eigenvalue weighted by Gasteiger charge is -2.27. The number of rotatable bonds is 4. The summed E-state index contributed by atoms with van der Waals surface area (Å²) in [4.78, 5) is 0. The molecule has 20 heavy (non-hydrogen) atoms. The second-order valence-corrected chi connectivity index (χ2v) is 5.70. The highest BCUT2D eigenvalue weighted by Crippen LogP contribution is 2.36. The number of aryl methyl sites for hydroxylation is 2. The lowest BCUT2D eigenvalue weighted by atomic mass is 9.86. The molecular weight excluding hydrogens is 248 g/mol. The molecule has 2 atom stereocenters. The predicted octanol–water partition coefficient (Wildman–Crippen LogP) is 2.80. The van der Waals surface area contributed by atoms with Crippen LogP contribution in [0.5, 0.6) is 0 Å².